The normalized spacial score (nSPS) is 11.3. The summed E-state index contributed by atoms with van der Waals surface area (Å²) in [5.74, 6) is -0.576. The minimum atomic E-state index is -4.55. The molecule has 0 bridgehead atoms. The van der Waals surface area contributed by atoms with E-state index in [4.69, 9.17) is 0 Å². The van der Waals surface area contributed by atoms with Crippen molar-refractivity contribution in [2.45, 2.75) is 6.18 Å². The number of hydrogen-bond donors (Lipinski definition) is 1. The molecule has 0 fully saturated rings. The van der Waals surface area contributed by atoms with Crippen molar-refractivity contribution in [3.05, 3.63) is 61.6 Å². The van der Waals surface area contributed by atoms with Crippen molar-refractivity contribution in [1.29, 1.82) is 0 Å². The molecular formula is C14H8BrF3INO. The zero-order valence-electron chi connectivity index (χ0n) is 10.3. The minimum absolute atomic E-state index is 0.268. The third-order valence-corrected chi connectivity index (χ3v) is 4.09. The Morgan fingerprint density at radius 3 is 2.43 bits per heavy atom. The Hall–Kier alpha value is -1.09. The van der Waals surface area contributed by atoms with Crippen molar-refractivity contribution in [3.8, 4) is 0 Å². The topological polar surface area (TPSA) is 29.1 Å². The van der Waals surface area contributed by atoms with E-state index < -0.39 is 17.6 Å². The van der Waals surface area contributed by atoms with Crippen LogP contribution in [-0.2, 0) is 6.18 Å². The first-order chi connectivity index (χ1) is 9.79. The van der Waals surface area contributed by atoms with Crippen LogP contribution in [0, 0.1) is 3.57 Å². The van der Waals surface area contributed by atoms with Crippen LogP contribution in [-0.4, -0.2) is 5.91 Å². The van der Waals surface area contributed by atoms with E-state index in [9.17, 15) is 18.0 Å². The van der Waals surface area contributed by atoms with E-state index in [2.05, 4.69) is 21.2 Å². The number of alkyl halides is 3. The van der Waals surface area contributed by atoms with Crippen molar-refractivity contribution >= 4 is 50.1 Å². The van der Waals surface area contributed by atoms with Crippen LogP contribution in [0.1, 0.15) is 15.9 Å². The van der Waals surface area contributed by atoms with E-state index in [1.54, 1.807) is 24.3 Å². The number of carbonyl (C=O) groups excluding carboxylic acids is 1. The number of carbonyl (C=O) groups is 1. The molecule has 0 atom stereocenters. The van der Waals surface area contributed by atoms with Gasteiger partial charge in [0.1, 0.15) is 0 Å². The smallest absolute Gasteiger partial charge is 0.321 e. The van der Waals surface area contributed by atoms with E-state index in [-0.39, 0.29) is 5.69 Å². The molecule has 0 aromatic heterocycles. The first kappa shape index (κ1) is 16.3. The molecule has 110 valence electrons. The van der Waals surface area contributed by atoms with Crippen molar-refractivity contribution in [2.24, 2.45) is 0 Å². The molecular weight excluding hydrogens is 462 g/mol. The van der Waals surface area contributed by atoms with Gasteiger partial charge in [-0.15, -0.1) is 0 Å². The lowest BCUT2D eigenvalue weighted by molar-refractivity contribution is -0.136. The maximum Gasteiger partial charge on any atom is 0.418 e. The molecule has 2 aromatic carbocycles. The van der Waals surface area contributed by atoms with Gasteiger partial charge in [0.2, 0.25) is 0 Å². The number of halogens is 5. The Bertz CT molecular complexity index is 688. The summed E-state index contributed by atoms with van der Waals surface area (Å²) in [6.07, 6.45) is -4.55. The fraction of sp³-hybridized carbons (Fsp3) is 0.0714. The Balaban J connectivity index is 2.36. The minimum Gasteiger partial charge on any atom is -0.321 e. The van der Waals surface area contributed by atoms with Crippen LogP contribution in [0.2, 0.25) is 0 Å². The zero-order valence-corrected chi connectivity index (χ0v) is 14.1. The summed E-state index contributed by atoms with van der Waals surface area (Å²) in [7, 11) is 0. The number of nitrogens with one attached hydrogen (secondary N) is 1. The maximum atomic E-state index is 13.0. The predicted molar refractivity (Wildman–Crippen MR) is 86.3 cm³/mol. The van der Waals surface area contributed by atoms with Crippen molar-refractivity contribution in [3.63, 3.8) is 0 Å². The highest BCUT2D eigenvalue weighted by Crippen LogP contribution is 2.36. The van der Waals surface area contributed by atoms with E-state index in [0.717, 1.165) is 6.07 Å². The van der Waals surface area contributed by atoms with E-state index in [0.29, 0.717) is 13.6 Å². The van der Waals surface area contributed by atoms with Gasteiger partial charge in [-0.05, 0) is 52.9 Å². The SMILES string of the molecule is O=C(Nc1ccc(Br)cc1C(F)(F)F)c1ccccc1I. The van der Waals surface area contributed by atoms with Crippen LogP contribution < -0.4 is 5.32 Å². The number of amides is 1. The fourth-order valence-corrected chi connectivity index (χ4v) is 2.69. The molecule has 0 heterocycles. The third kappa shape index (κ3) is 3.97. The number of rotatable bonds is 2. The summed E-state index contributed by atoms with van der Waals surface area (Å²) >= 11 is 4.96. The van der Waals surface area contributed by atoms with Crippen LogP contribution in [0.5, 0.6) is 0 Å². The summed E-state index contributed by atoms with van der Waals surface area (Å²) < 4.78 is 39.9. The predicted octanol–water partition coefficient (Wildman–Crippen LogP) is 5.32. The molecule has 2 rings (SSSR count). The highest BCUT2D eigenvalue weighted by Gasteiger charge is 2.34. The molecule has 0 aliphatic carbocycles. The standard InChI is InChI=1S/C14H8BrF3INO/c15-8-5-6-12(10(7-8)14(16,17)18)20-13(21)9-3-1-2-4-11(9)19/h1-7H,(H,20,21). The van der Waals surface area contributed by atoms with Crippen molar-refractivity contribution in [2.75, 3.05) is 5.32 Å². The van der Waals surface area contributed by atoms with Crippen molar-refractivity contribution < 1.29 is 18.0 Å². The third-order valence-electron chi connectivity index (χ3n) is 2.65. The first-order valence-corrected chi connectivity index (χ1v) is 7.59. The van der Waals surface area contributed by atoms with Crippen LogP contribution in [0.15, 0.2) is 46.9 Å². The molecule has 0 aliphatic rings. The van der Waals surface area contributed by atoms with E-state index >= 15 is 0 Å². The monoisotopic (exact) mass is 469 g/mol. The van der Waals surface area contributed by atoms with Gasteiger partial charge in [0.25, 0.3) is 5.91 Å². The van der Waals surface area contributed by atoms with Crippen LogP contribution in [0.4, 0.5) is 18.9 Å². The first-order valence-electron chi connectivity index (χ1n) is 5.71. The molecule has 0 aliphatic heterocycles. The molecule has 7 heteroatoms. The van der Waals surface area contributed by atoms with E-state index in [1.165, 1.54) is 12.1 Å². The molecule has 0 spiro atoms. The molecule has 0 saturated carbocycles. The maximum absolute atomic E-state index is 13.0. The van der Waals surface area contributed by atoms with Gasteiger partial charge >= 0.3 is 6.18 Å². The largest absolute Gasteiger partial charge is 0.418 e. The lowest BCUT2D eigenvalue weighted by Gasteiger charge is -2.14. The van der Waals surface area contributed by atoms with Gasteiger partial charge in [0.15, 0.2) is 0 Å². The summed E-state index contributed by atoms with van der Waals surface area (Å²) in [6.45, 7) is 0. The average molecular weight is 470 g/mol. The molecule has 2 nitrogen and oxygen atoms in total. The Labute approximate surface area is 141 Å². The Morgan fingerprint density at radius 1 is 1.14 bits per heavy atom. The van der Waals surface area contributed by atoms with Gasteiger partial charge in [0.05, 0.1) is 16.8 Å². The average Bonchev–Trinajstić information content (AvgIpc) is 2.40. The Kier molecular flexibility index (Phi) is 4.92. The van der Waals surface area contributed by atoms with Gasteiger partial charge in [-0.1, -0.05) is 28.1 Å². The summed E-state index contributed by atoms with van der Waals surface area (Å²) in [5, 5.41) is 2.32. The van der Waals surface area contributed by atoms with E-state index in [1.807, 2.05) is 22.6 Å². The molecule has 1 amide bonds. The fourth-order valence-electron chi connectivity index (χ4n) is 1.70. The highest BCUT2D eigenvalue weighted by atomic mass is 127. The van der Waals surface area contributed by atoms with Gasteiger partial charge in [-0.2, -0.15) is 13.2 Å². The molecule has 21 heavy (non-hydrogen) atoms. The second kappa shape index (κ2) is 6.35. The highest BCUT2D eigenvalue weighted by molar-refractivity contribution is 14.1. The quantitative estimate of drug-likeness (QED) is 0.592. The van der Waals surface area contributed by atoms with Gasteiger partial charge in [0, 0.05) is 8.04 Å². The van der Waals surface area contributed by atoms with Crippen LogP contribution in [0.3, 0.4) is 0 Å². The number of benzene rings is 2. The Morgan fingerprint density at radius 2 is 1.81 bits per heavy atom. The summed E-state index contributed by atoms with van der Waals surface area (Å²) in [5.41, 5.74) is -0.833. The molecule has 0 unspecified atom stereocenters. The molecule has 1 N–H and O–H groups in total. The molecule has 0 saturated heterocycles. The zero-order chi connectivity index (χ0) is 15.6. The van der Waals surface area contributed by atoms with Gasteiger partial charge < -0.3 is 5.32 Å². The molecule has 2 aromatic rings. The second-order valence-electron chi connectivity index (χ2n) is 4.12. The molecule has 0 radical (unpaired) electrons. The van der Waals surface area contributed by atoms with Crippen LogP contribution in [0.25, 0.3) is 0 Å². The van der Waals surface area contributed by atoms with Gasteiger partial charge in [-0.25, -0.2) is 0 Å². The van der Waals surface area contributed by atoms with Gasteiger partial charge in [-0.3, -0.25) is 4.79 Å². The lowest BCUT2D eigenvalue weighted by atomic mass is 10.1. The second-order valence-corrected chi connectivity index (χ2v) is 6.20. The number of hydrogen-bond acceptors (Lipinski definition) is 1. The van der Waals surface area contributed by atoms with Crippen molar-refractivity contribution in [1.82, 2.24) is 0 Å². The lowest BCUT2D eigenvalue weighted by Crippen LogP contribution is -2.17. The summed E-state index contributed by atoms with van der Waals surface area (Å²) in [4.78, 5) is 12.1. The number of anilines is 1. The van der Waals surface area contributed by atoms with Crippen LogP contribution >= 0.6 is 38.5 Å². The summed E-state index contributed by atoms with van der Waals surface area (Å²) in [6, 6.07) is 10.3.